The number of amides is 1. The van der Waals surface area contributed by atoms with Crippen molar-refractivity contribution in [2.45, 2.75) is 17.6 Å². The molecule has 0 bridgehead atoms. The molecule has 198 valence electrons. The van der Waals surface area contributed by atoms with Crippen molar-refractivity contribution in [2.75, 3.05) is 11.2 Å². The maximum Gasteiger partial charge on any atom is 0.435 e. The molecule has 4 rings (SSSR count). The molecule has 0 saturated heterocycles. The second-order valence-electron chi connectivity index (χ2n) is 8.56. The summed E-state index contributed by atoms with van der Waals surface area (Å²) in [5, 5.41) is 14.7. The number of aryl methyl sites for hydroxylation is 1. The number of sulfone groups is 1. The molecule has 0 radical (unpaired) electrons. The topological polar surface area (TPSA) is 92.5 Å². The first-order valence-electron chi connectivity index (χ1n) is 11.0. The molecule has 7 nitrogen and oxygen atoms in total. The molecular formula is C26H21ClF3N3O4S. The average Bonchev–Trinajstić information content (AvgIpc) is 3.24. The third kappa shape index (κ3) is 5.84. The fraction of sp³-hybridized carbons (Fsp3) is 0.154. The van der Waals surface area contributed by atoms with Crippen LogP contribution in [0.15, 0.2) is 77.7 Å². The third-order valence-corrected chi connectivity index (χ3v) is 7.11. The Morgan fingerprint density at radius 1 is 1.05 bits per heavy atom. The van der Waals surface area contributed by atoms with Crippen LogP contribution in [0, 0.1) is 0 Å². The molecule has 1 heterocycles. The Balaban J connectivity index is 1.77. The molecule has 0 fully saturated rings. The maximum atomic E-state index is 13.6. The third-order valence-electron chi connectivity index (χ3n) is 5.75. The van der Waals surface area contributed by atoms with Crippen molar-refractivity contribution in [3.63, 3.8) is 0 Å². The number of phenols is 1. The zero-order valence-corrected chi connectivity index (χ0v) is 21.6. The van der Waals surface area contributed by atoms with Crippen molar-refractivity contribution in [1.82, 2.24) is 9.78 Å². The number of hydrogen-bond acceptors (Lipinski definition) is 5. The first-order chi connectivity index (χ1) is 17.7. The fourth-order valence-corrected chi connectivity index (χ4v) is 4.62. The number of hydrogen-bond donors (Lipinski definition) is 1. The van der Waals surface area contributed by atoms with Crippen molar-refractivity contribution in [3.8, 4) is 17.0 Å². The van der Waals surface area contributed by atoms with Crippen molar-refractivity contribution in [2.24, 2.45) is 7.05 Å². The van der Waals surface area contributed by atoms with Crippen LogP contribution in [0.25, 0.3) is 11.3 Å². The van der Waals surface area contributed by atoms with Crippen LogP contribution in [0.5, 0.6) is 5.75 Å². The van der Waals surface area contributed by atoms with E-state index in [1.165, 1.54) is 54.4 Å². The van der Waals surface area contributed by atoms with Crippen LogP contribution < -0.4 is 4.90 Å². The summed E-state index contributed by atoms with van der Waals surface area (Å²) in [7, 11) is -2.26. The summed E-state index contributed by atoms with van der Waals surface area (Å²) in [6.07, 6.45) is -3.63. The predicted octanol–water partition coefficient (Wildman–Crippen LogP) is 5.72. The molecule has 38 heavy (non-hydrogen) atoms. The van der Waals surface area contributed by atoms with Gasteiger partial charge in [-0.1, -0.05) is 29.8 Å². The minimum atomic E-state index is -4.66. The monoisotopic (exact) mass is 563 g/mol. The van der Waals surface area contributed by atoms with Gasteiger partial charge in [-0.15, -0.1) is 0 Å². The molecule has 0 saturated carbocycles. The summed E-state index contributed by atoms with van der Waals surface area (Å²) in [4.78, 5) is 14.9. The van der Waals surface area contributed by atoms with E-state index in [0.29, 0.717) is 10.6 Å². The summed E-state index contributed by atoms with van der Waals surface area (Å²) in [6.45, 7) is 0.0296. The number of phenolic OH excluding ortho intramolecular Hbond substituents is 1. The van der Waals surface area contributed by atoms with Crippen LogP contribution in [0.3, 0.4) is 0 Å². The highest BCUT2D eigenvalue weighted by Gasteiger charge is 2.35. The highest BCUT2D eigenvalue weighted by Crippen LogP contribution is 2.37. The summed E-state index contributed by atoms with van der Waals surface area (Å²) >= 11 is 5.97. The van der Waals surface area contributed by atoms with Crippen LogP contribution >= 0.6 is 11.6 Å². The number of carbonyl (C=O) groups is 1. The first kappa shape index (κ1) is 27.2. The number of anilines is 1. The normalized spacial score (nSPS) is 11.9. The molecule has 0 aliphatic rings. The van der Waals surface area contributed by atoms with Gasteiger partial charge in [0.15, 0.2) is 15.5 Å². The Morgan fingerprint density at radius 3 is 2.32 bits per heavy atom. The quantitative estimate of drug-likeness (QED) is 0.324. The molecule has 4 aromatic rings. The first-order valence-corrected chi connectivity index (χ1v) is 13.3. The van der Waals surface area contributed by atoms with Gasteiger partial charge in [0.25, 0.3) is 5.91 Å². The summed E-state index contributed by atoms with van der Waals surface area (Å²) in [5.41, 5.74) is 0.00640. The molecule has 3 aromatic carbocycles. The Kier molecular flexibility index (Phi) is 7.26. The van der Waals surface area contributed by atoms with Crippen LogP contribution in [-0.4, -0.2) is 35.5 Å². The molecule has 12 heteroatoms. The van der Waals surface area contributed by atoms with Gasteiger partial charge in [0.2, 0.25) is 0 Å². The van der Waals surface area contributed by atoms with E-state index in [9.17, 15) is 31.5 Å². The summed E-state index contributed by atoms with van der Waals surface area (Å²) in [5.74, 6) is -0.935. The lowest BCUT2D eigenvalue weighted by Crippen LogP contribution is -2.30. The number of aromatic nitrogens is 2. The number of halogens is 4. The van der Waals surface area contributed by atoms with E-state index in [0.717, 1.165) is 17.0 Å². The maximum absolute atomic E-state index is 13.6. The second kappa shape index (κ2) is 10.1. The molecule has 0 unspecified atom stereocenters. The predicted molar refractivity (Wildman–Crippen MR) is 137 cm³/mol. The van der Waals surface area contributed by atoms with Gasteiger partial charge in [-0.2, -0.15) is 18.3 Å². The van der Waals surface area contributed by atoms with Crippen molar-refractivity contribution >= 4 is 33.0 Å². The molecule has 1 N–H and O–H groups in total. The van der Waals surface area contributed by atoms with Crippen molar-refractivity contribution in [1.29, 1.82) is 0 Å². The lowest BCUT2D eigenvalue weighted by Gasteiger charge is -2.24. The van der Waals surface area contributed by atoms with Crippen LogP contribution in [0.2, 0.25) is 5.02 Å². The highest BCUT2D eigenvalue weighted by atomic mass is 35.5. The molecular weight excluding hydrogens is 543 g/mol. The number of benzene rings is 3. The zero-order valence-electron chi connectivity index (χ0n) is 20.1. The Morgan fingerprint density at radius 2 is 1.74 bits per heavy atom. The average molecular weight is 564 g/mol. The minimum Gasteiger partial charge on any atom is -0.507 e. The van der Waals surface area contributed by atoms with Crippen LogP contribution in [0.4, 0.5) is 18.9 Å². The van der Waals surface area contributed by atoms with Gasteiger partial charge in [0, 0.05) is 41.2 Å². The highest BCUT2D eigenvalue weighted by molar-refractivity contribution is 7.90. The van der Waals surface area contributed by atoms with Gasteiger partial charge in [-0.25, -0.2) is 8.42 Å². The van der Waals surface area contributed by atoms with Gasteiger partial charge in [-0.05, 0) is 54.1 Å². The van der Waals surface area contributed by atoms with Gasteiger partial charge in [0.1, 0.15) is 5.75 Å². The number of rotatable bonds is 6. The van der Waals surface area contributed by atoms with E-state index in [4.69, 9.17) is 11.6 Å². The van der Waals surface area contributed by atoms with E-state index in [1.54, 1.807) is 24.3 Å². The number of carbonyl (C=O) groups excluding carboxylic acids is 1. The lowest BCUT2D eigenvalue weighted by molar-refractivity contribution is -0.141. The van der Waals surface area contributed by atoms with Gasteiger partial charge >= 0.3 is 6.18 Å². The molecule has 1 amide bonds. The van der Waals surface area contributed by atoms with E-state index in [2.05, 4.69) is 5.10 Å². The van der Waals surface area contributed by atoms with E-state index in [1.807, 2.05) is 0 Å². The fourth-order valence-electron chi connectivity index (χ4n) is 3.83. The SMILES string of the molecule is Cn1nc(C(F)(F)F)cc1-c1ccc(N(Cc2ccc(Cl)cc2)C(=O)c2cccc(S(C)(=O)=O)c2)cc1O. The molecule has 0 aliphatic heterocycles. The summed E-state index contributed by atoms with van der Waals surface area (Å²) < 4.78 is 64.4. The Labute approximate surface area is 221 Å². The Bertz CT molecular complexity index is 1620. The van der Waals surface area contributed by atoms with E-state index in [-0.39, 0.29) is 39.7 Å². The standard InChI is InChI=1S/C26H21ClF3N3O4S/c1-32-22(14-24(31-32)26(28,29)30)21-11-10-19(13-23(21)34)33(15-16-6-8-18(27)9-7-16)25(35)17-4-3-5-20(12-17)38(2,36)37/h3-14,34H,15H2,1-2H3. The number of nitrogens with zero attached hydrogens (tertiary/aromatic N) is 3. The Hall–Kier alpha value is -3.83. The van der Waals surface area contributed by atoms with Gasteiger partial charge < -0.3 is 10.0 Å². The van der Waals surface area contributed by atoms with Gasteiger partial charge in [0.05, 0.1) is 17.1 Å². The molecule has 0 atom stereocenters. The molecule has 0 aliphatic carbocycles. The largest absolute Gasteiger partial charge is 0.507 e. The van der Waals surface area contributed by atoms with Crippen LogP contribution in [-0.2, 0) is 29.6 Å². The van der Waals surface area contributed by atoms with E-state index >= 15 is 0 Å². The minimum absolute atomic E-state index is 0.0257. The van der Waals surface area contributed by atoms with Crippen LogP contribution in [0.1, 0.15) is 21.6 Å². The molecule has 0 spiro atoms. The van der Waals surface area contributed by atoms with Crippen molar-refractivity contribution in [3.05, 3.63) is 94.6 Å². The lowest BCUT2D eigenvalue weighted by atomic mass is 10.1. The zero-order chi connectivity index (χ0) is 27.8. The van der Waals surface area contributed by atoms with E-state index < -0.39 is 27.6 Å². The molecule has 1 aromatic heterocycles. The van der Waals surface area contributed by atoms with Gasteiger partial charge in [-0.3, -0.25) is 9.48 Å². The van der Waals surface area contributed by atoms with Crippen molar-refractivity contribution < 1.29 is 31.5 Å². The summed E-state index contributed by atoms with van der Waals surface area (Å²) in [6, 6.07) is 17.2. The second-order valence-corrected chi connectivity index (χ2v) is 11.0. The smallest absolute Gasteiger partial charge is 0.435 e. The number of aromatic hydroxyl groups is 1. The number of alkyl halides is 3.